The van der Waals surface area contributed by atoms with Gasteiger partial charge >= 0.3 is 5.97 Å². The molecule has 2 rings (SSSR count). The molecular weight excluding hydrogens is 254 g/mol. The molecule has 20 heavy (non-hydrogen) atoms. The zero-order valence-corrected chi connectivity index (χ0v) is 11.8. The first-order valence-electron chi connectivity index (χ1n) is 6.31. The molecule has 5 nitrogen and oxygen atoms in total. The van der Waals surface area contributed by atoms with Crippen LogP contribution >= 0.6 is 0 Å². The number of aromatic nitrogens is 2. The van der Waals surface area contributed by atoms with Crippen LogP contribution in [0.5, 0.6) is 0 Å². The molecule has 1 heterocycles. The summed E-state index contributed by atoms with van der Waals surface area (Å²) in [5.74, 6) is 0.0862. The van der Waals surface area contributed by atoms with E-state index in [1.807, 2.05) is 51.1 Å². The minimum absolute atomic E-state index is 0.230. The van der Waals surface area contributed by atoms with Crippen LogP contribution < -0.4 is 5.32 Å². The number of nitrogens with zero attached hydrogens (tertiary/aromatic N) is 2. The normalized spacial score (nSPS) is 10.9. The molecule has 0 bridgehead atoms. The first-order valence-corrected chi connectivity index (χ1v) is 6.31. The minimum Gasteiger partial charge on any atom is -0.455 e. The molecule has 0 saturated carbocycles. The molecule has 1 N–H and O–H groups in total. The van der Waals surface area contributed by atoms with Gasteiger partial charge in [-0.1, -0.05) is 18.2 Å². The van der Waals surface area contributed by atoms with E-state index in [1.165, 1.54) is 6.33 Å². The average molecular weight is 271 g/mol. The fraction of sp³-hybridized carbons (Fsp3) is 0.267. The second kappa shape index (κ2) is 5.69. The van der Waals surface area contributed by atoms with Gasteiger partial charge in [0.25, 0.3) is 0 Å². The SMILES string of the molecule is CC(C)(C)OC(=O)c1cc(Nc2ccccc2)ncn1. The summed E-state index contributed by atoms with van der Waals surface area (Å²) in [4.78, 5) is 19.9. The lowest BCUT2D eigenvalue weighted by Gasteiger charge is -2.19. The van der Waals surface area contributed by atoms with Gasteiger partial charge in [-0.3, -0.25) is 0 Å². The third-order valence-electron chi connectivity index (χ3n) is 2.32. The molecule has 0 fully saturated rings. The maximum atomic E-state index is 11.9. The highest BCUT2D eigenvalue weighted by Crippen LogP contribution is 2.15. The Bertz CT molecular complexity index is 592. The van der Waals surface area contributed by atoms with Crippen molar-refractivity contribution in [2.75, 3.05) is 5.32 Å². The molecule has 2 aromatic rings. The van der Waals surface area contributed by atoms with Gasteiger partial charge < -0.3 is 10.1 Å². The van der Waals surface area contributed by atoms with Crippen LogP contribution in [0, 0.1) is 0 Å². The third-order valence-corrected chi connectivity index (χ3v) is 2.32. The van der Waals surface area contributed by atoms with E-state index < -0.39 is 11.6 Å². The van der Waals surface area contributed by atoms with E-state index in [0.29, 0.717) is 5.82 Å². The topological polar surface area (TPSA) is 64.1 Å². The van der Waals surface area contributed by atoms with Crippen LogP contribution in [0.1, 0.15) is 31.3 Å². The van der Waals surface area contributed by atoms with Crippen molar-refractivity contribution in [1.29, 1.82) is 0 Å². The summed E-state index contributed by atoms with van der Waals surface area (Å²) in [5, 5.41) is 3.10. The molecule has 0 amide bonds. The Hall–Kier alpha value is -2.43. The average Bonchev–Trinajstić information content (AvgIpc) is 2.38. The summed E-state index contributed by atoms with van der Waals surface area (Å²) in [6, 6.07) is 11.2. The van der Waals surface area contributed by atoms with Gasteiger partial charge in [0, 0.05) is 11.8 Å². The summed E-state index contributed by atoms with van der Waals surface area (Å²) < 4.78 is 5.27. The van der Waals surface area contributed by atoms with Gasteiger partial charge in [0.2, 0.25) is 0 Å². The van der Waals surface area contributed by atoms with Crippen molar-refractivity contribution in [3.05, 3.63) is 48.4 Å². The number of nitrogens with one attached hydrogen (secondary N) is 1. The molecule has 0 unspecified atom stereocenters. The standard InChI is InChI=1S/C15H17N3O2/c1-15(2,3)20-14(19)12-9-13(17-10-16-12)18-11-7-5-4-6-8-11/h4-10H,1-3H3,(H,16,17,18). The molecule has 0 saturated heterocycles. The zero-order chi connectivity index (χ0) is 14.6. The van der Waals surface area contributed by atoms with Gasteiger partial charge in [0.1, 0.15) is 17.7 Å². The van der Waals surface area contributed by atoms with Crippen LogP contribution in [0.25, 0.3) is 0 Å². The lowest BCUT2D eigenvalue weighted by Crippen LogP contribution is -2.24. The van der Waals surface area contributed by atoms with Gasteiger partial charge in [-0.25, -0.2) is 14.8 Å². The van der Waals surface area contributed by atoms with Crippen molar-refractivity contribution in [1.82, 2.24) is 9.97 Å². The van der Waals surface area contributed by atoms with Crippen LogP contribution in [0.15, 0.2) is 42.7 Å². The summed E-state index contributed by atoms with van der Waals surface area (Å²) >= 11 is 0. The minimum atomic E-state index is -0.547. The molecule has 1 aromatic heterocycles. The highest BCUT2D eigenvalue weighted by molar-refractivity contribution is 5.88. The summed E-state index contributed by atoms with van der Waals surface area (Å²) in [7, 11) is 0. The van der Waals surface area contributed by atoms with Crippen molar-refractivity contribution in [2.24, 2.45) is 0 Å². The Kier molecular flexibility index (Phi) is 3.98. The van der Waals surface area contributed by atoms with Gasteiger partial charge in [0.15, 0.2) is 5.69 Å². The van der Waals surface area contributed by atoms with E-state index >= 15 is 0 Å². The molecule has 0 atom stereocenters. The number of carbonyl (C=O) groups is 1. The molecule has 104 valence electrons. The van der Waals surface area contributed by atoms with Crippen molar-refractivity contribution in [2.45, 2.75) is 26.4 Å². The first kappa shape index (κ1) is 14.0. The largest absolute Gasteiger partial charge is 0.455 e. The Morgan fingerprint density at radius 1 is 1.15 bits per heavy atom. The van der Waals surface area contributed by atoms with E-state index in [9.17, 15) is 4.79 Å². The predicted molar refractivity (Wildman–Crippen MR) is 76.9 cm³/mol. The lowest BCUT2D eigenvalue weighted by molar-refractivity contribution is 0.00627. The molecule has 0 spiro atoms. The van der Waals surface area contributed by atoms with Crippen LogP contribution in [0.4, 0.5) is 11.5 Å². The number of para-hydroxylation sites is 1. The predicted octanol–water partition coefficient (Wildman–Crippen LogP) is 3.18. The monoisotopic (exact) mass is 271 g/mol. The van der Waals surface area contributed by atoms with Gasteiger partial charge in [-0.2, -0.15) is 0 Å². The maximum absolute atomic E-state index is 11.9. The number of ether oxygens (including phenoxy) is 1. The fourth-order valence-electron chi connectivity index (χ4n) is 1.54. The van der Waals surface area contributed by atoms with Crippen LogP contribution in [-0.2, 0) is 4.74 Å². The third kappa shape index (κ3) is 4.05. The van der Waals surface area contributed by atoms with Gasteiger partial charge in [-0.15, -0.1) is 0 Å². The molecule has 0 aliphatic carbocycles. The first-order chi connectivity index (χ1) is 9.44. The zero-order valence-electron chi connectivity index (χ0n) is 11.8. The number of hydrogen-bond acceptors (Lipinski definition) is 5. The number of esters is 1. The lowest BCUT2D eigenvalue weighted by atomic mass is 10.2. The van der Waals surface area contributed by atoms with Crippen LogP contribution in [0.3, 0.4) is 0 Å². The molecular formula is C15H17N3O2. The van der Waals surface area contributed by atoms with Gasteiger partial charge in [0.05, 0.1) is 0 Å². The summed E-state index contributed by atoms with van der Waals surface area (Å²) in [6.07, 6.45) is 1.34. The van der Waals surface area contributed by atoms with Crippen molar-refractivity contribution >= 4 is 17.5 Å². The molecule has 0 aliphatic heterocycles. The second-order valence-corrected chi connectivity index (χ2v) is 5.28. The maximum Gasteiger partial charge on any atom is 0.357 e. The van der Waals surface area contributed by atoms with Crippen molar-refractivity contribution in [3.8, 4) is 0 Å². The highest BCUT2D eigenvalue weighted by Gasteiger charge is 2.19. The summed E-state index contributed by atoms with van der Waals surface area (Å²) in [6.45, 7) is 5.44. The highest BCUT2D eigenvalue weighted by atomic mass is 16.6. The Morgan fingerprint density at radius 2 is 1.85 bits per heavy atom. The molecule has 1 aromatic carbocycles. The van der Waals surface area contributed by atoms with E-state index in [2.05, 4.69) is 15.3 Å². The number of benzene rings is 1. The van der Waals surface area contributed by atoms with Crippen molar-refractivity contribution in [3.63, 3.8) is 0 Å². The fourth-order valence-corrected chi connectivity index (χ4v) is 1.54. The number of anilines is 2. The second-order valence-electron chi connectivity index (χ2n) is 5.28. The van der Waals surface area contributed by atoms with Crippen molar-refractivity contribution < 1.29 is 9.53 Å². The van der Waals surface area contributed by atoms with E-state index in [4.69, 9.17) is 4.74 Å². The van der Waals surface area contributed by atoms with E-state index in [1.54, 1.807) is 6.07 Å². The van der Waals surface area contributed by atoms with E-state index in [0.717, 1.165) is 5.69 Å². The van der Waals surface area contributed by atoms with Gasteiger partial charge in [-0.05, 0) is 32.9 Å². The smallest absolute Gasteiger partial charge is 0.357 e. The van der Waals surface area contributed by atoms with E-state index in [-0.39, 0.29) is 5.69 Å². The number of rotatable bonds is 3. The molecule has 0 radical (unpaired) electrons. The number of hydrogen-bond donors (Lipinski definition) is 1. The molecule has 0 aliphatic rings. The van der Waals surface area contributed by atoms with Crippen LogP contribution in [0.2, 0.25) is 0 Å². The summed E-state index contributed by atoms with van der Waals surface area (Å²) in [5.41, 5.74) is 0.574. The number of carbonyl (C=O) groups excluding carboxylic acids is 1. The quantitative estimate of drug-likeness (QED) is 0.869. The molecule has 5 heteroatoms. The Labute approximate surface area is 118 Å². The van der Waals surface area contributed by atoms with Crippen LogP contribution in [-0.4, -0.2) is 21.5 Å². The Morgan fingerprint density at radius 3 is 2.50 bits per heavy atom. The Balaban J connectivity index is 2.14.